The number of carbonyl (C=O) groups excluding carboxylic acids is 1. The van der Waals surface area contributed by atoms with Crippen molar-refractivity contribution in [1.82, 2.24) is 20.2 Å². The highest BCUT2D eigenvalue weighted by molar-refractivity contribution is 6.05. The number of aromatic amines is 1. The monoisotopic (exact) mass is 633 g/mol. The predicted octanol–water partition coefficient (Wildman–Crippen LogP) is 7.50. The van der Waals surface area contributed by atoms with E-state index < -0.39 is 5.60 Å². The number of carbonyl (C=O) groups is 1. The molecule has 1 amide bonds. The van der Waals surface area contributed by atoms with E-state index in [9.17, 15) is 4.79 Å². The molecule has 0 spiro atoms. The SMILES string of the molecule is COC[C@H]1C[C@@H](c2ncc(-c3ccc4c(c3)COc3cc5c6c(ccc5cc3-4)N=C([C@@H]3CC[C@H](C)N3)C6)[nH]2)N(C(=O)OC(C)(C)C)C1. The van der Waals surface area contributed by atoms with E-state index in [2.05, 4.69) is 59.7 Å². The van der Waals surface area contributed by atoms with Gasteiger partial charge in [0.25, 0.3) is 0 Å². The lowest BCUT2D eigenvalue weighted by molar-refractivity contribution is 0.0208. The molecule has 2 fully saturated rings. The van der Waals surface area contributed by atoms with E-state index in [1.54, 1.807) is 12.0 Å². The zero-order chi connectivity index (χ0) is 32.4. The number of rotatable bonds is 5. The number of hydrogen-bond acceptors (Lipinski definition) is 7. The number of benzene rings is 3. The van der Waals surface area contributed by atoms with Gasteiger partial charge in [0, 0.05) is 49.4 Å². The van der Waals surface area contributed by atoms with Gasteiger partial charge in [-0.25, -0.2) is 9.78 Å². The minimum Gasteiger partial charge on any atom is -0.488 e. The number of nitrogens with zero attached hydrogens (tertiary/aromatic N) is 3. The molecule has 0 bridgehead atoms. The van der Waals surface area contributed by atoms with Crippen LogP contribution in [0, 0.1) is 5.92 Å². The normalized spacial score (nSPS) is 23.3. The van der Waals surface area contributed by atoms with Crippen LogP contribution in [-0.2, 0) is 22.5 Å². The van der Waals surface area contributed by atoms with Crippen LogP contribution in [0.5, 0.6) is 5.75 Å². The fourth-order valence-electron chi connectivity index (χ4n) is 7.80. The summed E-state index contributed by atoms with van der Waals surface area (Å²) in [7, 11) is 1.70. The van der Waals surface area contributed by atoms with Gasteiger partial charge in [0.1, 0.15) is 23.8 Å². The quantitative estimate of drug-likeness (QED) is 0.236. The predicted molar refractivity (Wildman–Crippen MR) is 183 cm³/mol. The van der Waals surface area contributed by atoms with Gasteiger partial charge in [0.05, 0.1) is 30.2 Å². The van der Waals surface area contributed by atoms with Crippen LogP contribution in [-0.4, -0.2) is 64.6 Å². The van der Waals surface area contributed by atoms with Gasteiger partial charge >= 0.3 is 6.09 Å². The number of aromatic nitrogens is 2. The molecule has 0 saturated carbocycles. The fourth-order valence-corrected chi connectivity index (χ4v) is 7.80. The first-order valence-corrected chi connectivity index (χ1v) is 16.9. The van der Waals surface area contributed by atoms with Crippen molar-refractivity contribution >= 4 is 28.3 Å². The summed E-state index contributed by atoms with van der Waals surface area (Å²) < 4.78 is 17.6. The summed E-state index contributed by atoms with van der Waals surface area (Å²) in [6.45, 7) is 9.57. The first-order chi connectivity index (χ1) is 22.6. The third-order valence-corrected chi connectivity index (χ3v) is 10.0. The second kappa shape index (κ2) is 11.5. The largest absolute Gasteiger partial charge is 0.488 e. The average Bonchev–Trinajstić information content (AvgIpc) is 3.85. The summed E-state index contributed by atoms with van der Waals surface area (Å²) >= 11 is 0. The van der Waals surface area contributed by atoms with Crippen LogP contribution in [0.4, 0.5) is 10.5 Å². The van der Waals surface area contributed by atoms with Gasteiger partial charge in [-0.05, 0) is 104 Å². The Bertz CT molecular complexity index is 1910. The number of nitrogens with one attached hydrogen (secondary N) is 2. The van der Waals surface area contributed by atoms with Gasteiger partial charge in [-0.15, -0.1) is 0 Å². The number of H-pyrrole nitrogens is 1. The summed E-state index contributed by atoms with van der Waals surface area (Å²) in [5.41, 5.74) is 8.46. The number of amides is 1. The maximum absolute atomic E-state index is 13.1. The maximum atomic E-state index is 13.1. The zero-order valence-corrected chi connectivity index (χ0v) is 27.9. The van der Waals surface area contributed by atoms with E-state index in [0.717, 1.165) is 58.9 Å². The summed E-state index contributed by atoms with van der Waals surface area (Å²) in [6.07, 6.45) is 5.55. The van der Waals surface area contributed by atoms with Gasteiger partial charge in [-0.2, -0.15) is 0 Å². The van der Waals surface area contributed by atoms with Crippen molar-refractivity contribution < 1.29 is 19.0 Å². The smallest absolute Gasteiger partial charge is 0.410 e. The molecular weight excluding hydrogens is 590 g/mol. The van der Waals surface area contributed by atoms with Crippen molar-refractivity contribution in [3.05, 3.63) is 65.6 Å². The number of fused-ring (bicyclic) bond motifs is 6. The molecular formula is C38H43N5O4. The molecule has 9 heteroatoms. The third kappa shape index (κ3) is 5.59. The van der Waals surface area contributed by atoms with Crippen LogP contribution >= 0.6 is 0 Å². The highest BCUT2D eigenvalue weighted by Gasteiger charge is 2.40. The number of methoxy groups -OCH3 is 1. The van der Waals surface area contributed by atoms with Crippen LogP contribution in [0.1, 0.15) is 70.0 Å². The van der Waals surface area contributed by atoms with E-state index in [4.69, 9.17) is 24.2 Å². The second-order valence-electron chi connectivity index (χ2n) is 14.7. The summed E-state index contributed by atoms with van der Waals surface area (Å²) in [5, 5.41) is 6.15. The summed E-state index contributed by atoms with van der Waals surface area (Å²) in [4.78, 5) is 28.3. The van der Waals surface area contributed by atoms with Crippen molar-refractivity contribution in [3.63, 3.8) is 0 Å². The molecule has 4 atom stereocenters. The minimum absolute atomic E-state index is 0.208. The highest BCUT2D eigenvalue weighted by Crippen LogP contribution is 2.45. The van der Waals surface area contributed by atoms with Crippen LogP contribution in [0.15, 0.2) is 53.7 Å². The standard InChI is InChI=1S/C38H43N5O4/c1-21-6-10-31(40-21)32-15-28-27-16-35-29(14-23(27)8-11-30(28)41-32)26-9-7-24(13-25(26)20-46-35)33-17-39-36(42-33)34-12-22(19-45-5)18-43(34)37(44)47-38(2,3)4/h7-9,11,13-14,16-17,21-22,31,34,40H,6,10,12,15,18-20H2,1-5H3,(H,39,42)/t21-,22-,31-,34-/m0/s1. The molecule has 1 aromatic heterocycles. The summed E-state index contributed by atoms with van der Waals surface area (Å²) in [5.74, 6) is 1.89. The van der Waals surface area contributed by atoms with Crippen molar-refractivity contribution in [1.29, 1.82) is 0 Å². The van der Waals surface area contributed by atoms with Gasteiger partial charge in [0.2, 0.25) is 0 Å². The van der Waals surface area contributed by atoms with Crippen molar-refractivity contribution in [2.75, 3.05) is 20.3 Å². The fraction of sp³-hybridized carbons (Fsp3) is 0.447. The van der Waals surface area contributed by atoms with Crippen molar-refractivity contribution in [2.45, 2.75) is 83.7 Å². The topological polar surface area (TPSA) is 101 Å². The Morgan fingerprint density at radius 1 is 1.11 bits per heavy atom. The van der Waals surface area contributed by atoms with Gasteiger partial charge in [0.15, 0.2) is 0 Å². The molecule has 3 aromatic carbocycles. The van der Waals surface area contributed by atoms with Gasteiger partial charge in [-0.3, -0.25) is 9.89 Å². The number of ether oxygens (including phenoxy) is 3. The maximum Gasteiger partial charge on any atom is 0.410 e. The van der Waals surface area contributed by atoms with E-state index >= 15 is 0 Å². The molecule has 5 heterocycles. The third-order valence-electron chi connectivity index (χ3n) is 10.0. The molecule has 47 heavy (non-hydrogen) atoms. The minimum atomic E-state index is -0.574. The lowest BCUT2D eigenvalue weighted by Crippen LogP contribution is -2.37. The van der Waals surface area contributed by atoms with E-state index in [-0.39, 0.29) is 18.1 Å². The number of aliphatic imine (C=N–C) groups is 1. The molecule has 9 nitrogen and oxygen atoms in total. The van der Waals surface area contributed by atoms with Crippen LogP contribution in [0.25, 0.3) is 33.2 Å². The Labute approximate surface area is 275 Å². The highest BCUT2D eigenvalue weighted by atomic mass is 16.6. The molecule has 0 unspecified atom stereocenters. The number of hydrogen-bond donors (Lipinski definition) is 2. The van der Waals surface area contributed by atoms with Crippen molar-refractivity contribution in [3.8, 4) is 28.1 Å². The molecule has 244 valence electrons. The Hall–Kier alpha value is -4.21. The number of imidazole rings is 1. The first-order valence-electron chi connectivity index (χ1n) is 16.9. The van der Waals surface area contributed by atoms with Crippen molar-refractivity contribution in [2.24, 2.45) is 10.9 Å². The molecule has 4 aliphatic heterocycles. The zero-order valence-electron chi connectivity index (χ0n) is 27.9. The van der Waals surface area contributed by atoms with E-state index in [1.807, 2.05) is 27.0 Å². The number of likely N-dealkylation sites (tertiary alicyclic amines) is 1. The molecule has 4 aliphatic rings. The molecule has 0 radical (unpaired) electrons. The lowest BCUT2D eigenvalue weighted by Gasteiger charge is -2.27. The molecule has 0 aliphatic carbocycles. The molecule has 4 aromatic rings. The second-order valence-corrected chi connectivity index (χ2v) is 14.7. The molecule has 2 saturated heterocycles. The van der Waals surface area contributed by atoms with Gasteiger partial charge in [-0.1, -0.05) is 18.2 Å². The molecule has 8 rings (SSSR count). The van der Waals surface area contributed by atoms with Crippen LogP contribution < -0.4 is 10.1 Å². The Morgan fingerprint density at radius 2 is 1.98 bits per heavy atom. The Balaban J connectivity index is 1.05. The van der Waals surface area contributed by atoms with E-state index in [1.165, 1.54) is 34.0 Å². The summed E-state index contributed by atoms with van der Waals surface area (Å²) in [6, 6.07) is 16.1. The van der Waals surface area contributed by atoms with Crippen LogP contribution in [0.3, 0.4) is 0 Å². The Kier molecular flexibility index (Phi) is 7.37. The average molecular weight is 634 g/mol. The Morgan fingerprint density at radius 3 is 2.77 bits per heavy atom. The van der Waals surface area contributed by atoms with E-state index in [0.29, 0.717) is 31.8 Å². The van der Waals surface area contributed by atoms with Gasteiger partial charge < -0.3 is 24.5 Å². The lowest BCUT2D eigenvalue weighted by atomic mass is 9.91. The molecule has 2 N–H and O–H groups in total. The van der Waals surface area contributed by atoms with Crippen LogP contribution in [0.2, 0.25) is 0 Å². The first kappa shape index (κ1) is 30.1.